The number of hydrogen-bond donors (Lipinski definition) is 0. The zero-order valence-electron chi connectivity index (χ0n) is 26.4. The van der Waals surface area contributed by atoms with Gasteiger partial charge in [-0.15, -0.1) is 0 Å². The van der Waals surface area contributed by atoms with Crippen LogP contribution in [0.1, 0.15) is 38.9 Å². The number of benzene rings is 6. The lowest BCUT2D eigenvalue weighted by molar-refractivity contribution is 1.25. The molecule has 0 fully saturated rings. The lowest BCUT2D eigenvalue weighted by Crippen LogP contribution is -2.11. The van der Waals surface area contributed by atoms with Crippen molar-refractivity contribution in [1.29, 1.82) is 0 Å². The third-order valence-corrected chi connectivity index (χ3v) is 8.59. The van der Waals surface area contributed by atoms with Crippen LogP contribution in [-0.4, -0.2) is 0 Å². The van der Waals surface area contributed by atoms with Crippen LogP contribution in [0.2, 0.25) is 10.0 Å². The van der Waals surface area contributed by atoms with Crippen molar-refractivity contribution in [1.82, 2.24) is 0 Å². The van der Waals surface area contributed by atoms with Crippen LogP contribution >= 0.6 is 23.2 Å². The first-order valence-electron chi connectivity index (χ1n) is 15.6. The highest BCUT2D eigenvalue weighted by Gasteiger charge is 2.14. The van der Waals surface area contributed by atoms with Gasteiger partial charge in [0.1, 0.15) is 0 Å². The Morgan fingerprint density at radius 2 is 1.04 bits per heavy atom. The van der Waals surface area contributed by atoms with E-state index >= 15 is 0 Å². The third-order valence-electron chi connectivity index (χ3n) is 8.09. The van der Waals surface area contributed by atoms with Gasteiger partial charge in [0.05, 0.1) is 0 Å². The van der Waals surface area contributed by atoms with E-state index in [9.17, 15) is 0 Å². The molecule has 0 aliphatic rings. The molecule has 6 aromatic carbocycles. The zero-order chi connectivity index (χ0) is 32.6. The molecule has 0 saturated heterocycles. The van der Waals surface area contributed by atoms with E-state index in [4.69, 9.17) is 23.2 Å². The number of halogens is 2. The molecule has 47 heavy (non-hydrogen) atoms. The van der Waals surface area contributed by atoms with Crippen LogP contribution in [-0.2, 0) is 0 Å². The van der Waals surface area contributed by atoms with Crippen LogP contribution in [0.3, 0.4) is 0 Å². The summed E-state index contributed by atoms with van der Waals surface area (Å²) < 4.78 is 0. The molecular formula is C44H35Cl2N. The highest BCUT2D eigenvalue weighted by Crippen LogP contribution is 2.34. The summed E-state index contributed by atoms with van der Waals surface area (Å²) in [6, 6.07) is 52.2. The highest BCUT2D eigenvalue weighted by atomic mass is 35.5. The van der Waals surface area contributed by atoms with Crippen molar-refractivity contribution in [3.63, 3.8) is 0 Å². The van der Waals surface area contributed by atoms with Gasteiger partial charge in [-0.25, -0.2) is 0 Å². The lowest BCUT2D eigenvalue weighted by Gasteiger charge is -2.24. The second-order valence-corrected chi connectivity index (χ2v) is 12.4. The monoisotopic (exact) mass is 647 g/mol. The van der Waals surface area contributed by atoms with Crippen LogP contribution in [0.15, 0.2) is 170 Å². The Morgan fingerprint density at radius 1 is 0.511 bits per heavy atom. The molecule has 0 aromatic heterocycles. The number of allylic oxidation sites excluding steroid dienone is 2. The van der Waals surface area contributed by atoms with Crippen molar-refractivity contribution in [2.45, 2.75) is 13.8 Å². The molecule has 6 rings (SSSR count). The number of rotatable bonds is 9. The lowest BCUT2D eigenvalue weighted by atomic mass is 9.97. The van der Waals surface area contributed by atoms with Crippen LogP contribution in [0.5, 0.6) is 0 Å². The van der Waals surface area contributed by atoms with Crippen molar-refractivity contribution in [2.24, 2.45) is 0 Å². The van der Waals surface area contributed by atoms with Gasteiger partial charge in [-0.05, 0) is 107 Å². The quantitative estimate of drug-likeness (QED) is 0.141. The van der Waals surface area contributed by atoms with Crippen molar-refractivity contribution >= 4 is 51.8 Å². The highest BCUT2D eigenvalue weighted by molar-refractivity contribution is 6.31. The molecule has 6 aromatic rings. The Balaban J connectivity index is 1.41. The summed E-state index contributed by atoms with van der Waals surface area (Å²) in [6.07, 6.45) is 8.74. The molecular weight excluding hydrogens is 613 g/mol. The molecule has 0 aliphatic heterocycles. The topological polar surface area (TPSA) is 3.24 Å². The maximum Gasteiger partial charge on any atom is 0.0458 e. The predicted octanol–water partition coefficient (Wildman–Crippen LogP) is 13.0. The average Bonchev–Trinajstić information content (AvgIpc) is 3.10. The summed E-state index contributed by atoms with van der Waals surface area (Å²) in [6.45, 7) is 4.29. The minimum atomic E-state index is 0.702. The average molecular weight is 649 g/mol. The molecule has 0 radical (unpaired) electrons. The molecule has 0 N–H and O–H groups in total. The summed E-state index contributed by atoms with van der Waals surface area (Å²) >= 11 is 12.6. The van der Waals surface area contributed by atoms with Gasteiger partial charge in [-0.3, -0.25) is 0 Å². The van der Waals surface area contributed by atoms with Gasteiger partial charge >= 0.3 is 0 Å². The number of aryl methyl sites for hydroxylation is 2. The largest absolute Gasteiger partial charge is 0.317 e. The first kappa shape index (κ1) is 31.9. The number of anilines is 2. The van der Waals surface area contributed by atoms with E-state index in [1.165, 1.54) is 27.8 Å². The van der Waals surface area contributed by atoms with Crippen LogP contribution in [0, 0.1) is 13.8 Å². The standard InChI is InChI=1S/C44H35Cl2N/c1-32-11-9-17-41(29-32)47(31-44(37-19-24-39(45)25-20-37)38-21-26-40(46)27-22-38)42-28-23-34(33(2)30-42)16-10-18-43(35-12-5-3-6-13-35)36-14-7-4-8-15-36/h3-31H,1-2H3/b16-10+. The van der Waals surface area contributed by atoms with E-state index in [0.29, 0.717) is 10.0 Å². The number of hydrogen-bond acceptors (Lipinski definition) is 1. The normalized spacial score (nSPS) is 10.9. The van der Waals surface area contributed by atoms with E-state index in [0.717, 1.165) is 33.6 Å². The maximum atomic E-state index is 6.29. The molecule has 3 heteroatoms. The van der Waals surface area contributed by atoms with E-state index in [-0.39, 0.29) is 0 Å². The van der Waals surface area contributed by atoms with E-state index in [1.54, 1.807) is 0 Å². The van der Waals surface area contributed by atoms with Gasteiger partial charge < -0.3 is 4.90 Å². The maximum absolute atomic E-state index is 6.29. The Bertz CT molecular complexity index is 1950. The first-order valence-corrected chi connectivity index (χ1v) is 16.4. The Labute approximate surface area is 288 Å². The Kier molecular flexibility index (Phi) is 10.2. The van der Waals surface area contributed by atoms with Crippen molar-refractivity contribution in [3.8, 4) is 0 Å². The van der Waals surface area contributed by atoms with Gasteiger partial charge in [-0.2, -0.15) is 0 Å². The first-order chi connectivity index (χ1) is 22.9. The van der Waals surface area contributed by atoms with E-state index < -0.39 is 0 Å². The van der Waals surface area contributed by atoms with Gasteiger partial charge in [0, 0.05) is 33.2 Å². The molecule has 1 nitrogen and oxygen atoms in total. The van der Waals surface area contributed by atoms with E-state index in [1.807, 2.05) is 24.3 Å². The fraction of sp³-hybridized carbons (Fsp3) is 0.0455. The second kappa shape index (κ2) is 15.0. The molecule has 0 saturated carbocycles. The summed E-state index contributed by atoms with van der Waals surface area (Å²) in [5, 5.41) is 1.40. The van der Waals surface area contributed by atoms with Crippen LogP contribution in [0.25, 0.3) is 17.2 Å². The minimum Gasteiger partial charge on any atom is -0.317 e. The van der Waals surface area contributed by atoms with Crippen molar-refractivity contribution in [3.05, 3.63) is 219 Å². The van der Waals surface area contributed by atoms with Crippen molar-refractivity contribution < 1.29 is 0 Å². The van der Waals surface area contributed by atoms with Crippen molar-refractivity contribution in [2.75, 3.05) is 4.90 Å². The van der Waals surface area contributed by atoms with Gasteiger partial charge in [0.2, 0.25) is 0 Å². The summed E-state index contributed by atoms with van der Waals surface area (Å²) in [5.74, 6) is 0. The molecule has 0 aliphatic carbocycles. The molecule has 0 unspecified atom stereocenters. The molecule has 0 heterocycles. The Morgan fingerprint density at radius 3 is 1.57 bits per heavy atom. The Hall–Kier alpha value is -5.08. The number of nitrogens with zero attached hydrogens (tertiary/aromatic N) is 1. The van der Waals surface area contributed by atoms with E-state index in [2.05, 4.69) is 171 Å². The van der Waals surface area contributed by atoms with Crippen LogP contribution in [0.4, 0.5) is 11.4 Å². The minimum absolute atomic E-state index is 0.702. The SMILES string of the molecule is Cc1cccc(N(C=C(c2ccc(Cl)cc2)c2ccc(Cl)cc2)c2ccc(/C=C/C=C(c3ccccc3)c3ccccc3)c(C)c2)c1. The fourth-order valence-corrected chi connectivity index (χ4v) is 5.87. The molecule has 230 valence electrons. The smallest absolute Gasteiger partial charge is 0.0458 e. The molecule has 0 bridgehead atoms. The fourth-order valence-electron chi connectivity index (χ4n) is 5.62. The predicted molar refractivity (Wildman–Crippen MR) is 203 cm³/mol. The molecule has 0 spiro atoms. The summed E-state index contributed by atoms with van der Waals surface area (Å²) in [5.41, 5.74) is 12.4. The second-order valence-electron chi connectivity index (χ2n) is 11.5. The van der Waals surface area contributed by atoms with Crippen LogP contribution < -0.4 is 4.90 Å². The third kappa shape index (κ3) is 8.02. The molecule has 0 atom stereocenters. The summed E-state index contributed by atoms with van der Waals surface area (Å²) in [7, 11) is 0. The van der Waals surface area contributed by atoms with Gasteiger partial charge in [0.15, 0.2) is 0 Å². The summed E-state index contributed by atoms with van der Waals surface area (Å²) in [4.78, 5) is 2.26. The van der Waals surface area contributed by atoms with Gasteiger partial charge in [-0.1, -0.05) is 145 Å². The zero-order valence-corrected chi connectivity index (χ0v) is 28.0. The van der Waals surface area contributed by atoms with Gasteiger partial charge in [0.25, 0.3) is 0 Å². The molecule has 0 amide bonds.